The van der Waals surface area contributed by atoms with Crippen molar-refractivity contribution in [1.82, 2.24) is 0 Å². The van der Waals surface area contributed by atoms with Gasteiger partial charge in [0, 0.05) is 32.8 Å². The van der Waals surface area contributed by atoms with Gasteiger partial charge in [-0.15, -0.1) is 0 Å². The normalized spacial score (nSPS) is 11.7. The molecule has 2 aromatic heterocycles. The van der Waals surface area contributed by atoms with Gasteiger partial charge in [0.25, 0.3) is 0 Å². The van der Waals surface area contributed by atoms with E-state index in [1.54, 1.807) is 0 Å². The molecule has 0 unspecified atom stereocenters. The predicted octanol–water partition coefficient (Wildman–Crippen LogP) is 16.3. The number of para-hydroxylation sites is 1. The molecule has 3 nitrogen and oxygen atoms in total. The molecule has 0 amide bonds. The molecule has 0 bridgehead atoms. The van der Waals surface area contributed by atoms with E-state index in [-0.39, 0.29) is 0 Å². The highest BCUT2D eigenvalue weighted by Crippen LogP contribution is 2.47. The third-order valence-electron chi connectivity index (χ3n) is 11.8. The first kappa shape index (κ1) is 33.3. The number of furan rings is 2. The first-order valence-corrected chi connectivity index (χ1v) is 20.1. The monoisotopic (exact) mass is 753 g/mol. The number of rotatable bonds is 6. The summed E-state index contributed by atoms with van der Waals surface area (Å²) in [5.41, 5.74) is 13.6. The smallest absolute Gasteiger partial charge is 0.143 e. The molecule has 2 heterocycles. The van der Waals surface area contributed by atoms with Crippen molar-refractivity contribution in [1.29, 1.82) is 0 Å². The molecule has 0 aliphatic heterocycles. The van der Waals surface area contributed by atoms with Crippen molar-refractivity contribution in [2.75, 3.05) is 4.90 Å². The Labute approximate surface area is 340 Å². The van der Waals surface area contributed by atoms with Crippen LogP contribution in [-0.4, -0.2) is 0 Å². The average molecular weight is 754 g/mol. The summed E-state index contributed by atoms with van der Waals surface area (Å²) in [6.45, 7) is 0. The molecule has 0 aliphatic carbocycles. The zero-order chi connectivity index (χ0) is 38.9. The highest BCUT2D eigenvalue weighted by molar-refractivity contribution is 6.20. The maximum absolute atomic E-state index is 6.74. The summed E-state index contributed by atoms with van der Waals surface area (Å²) in [6.07, 6.45) is 0. The summed E-state index contributed by atoms with van der Waals surface area (Å²) in [5, 5.41) is 9.01. The van der Waals surface area contributed by atoms with Gasteiger partial charge in [0.05, 0.1) is 16.8 Å². The average Bonchev–Trinajstić information content (AvgIpc) is 3.87. The van der Waals surface area contributed by atoms with Crippen LogP contribution in [0.1, 0.15) is 0 Å². The molecule has 3 heteroatoms. The van der Waals surface area contributed by atoms with Crippen LogP contribution in [0.15, 0.2) is 221 Å². The summed E-state index contributed by atoms with van der Waals surface area (Å²) in [6, 6.07) is 75.8. The Morgan fingerprint density at radius 2 is 0.949 bits per heavy atom. The molecule has 59 heavy (non-hydrogen) atoms. The lowest BCUT2D eigenvalue weighted by Crippen LogP contribution is -2.11. The molecule has 0 spiro atoms. The van der Waals surface area contributed by atoms with Crippen LogP contribution in [0.4, 0.5) is 17.1 Å². The van der Waals surface area contributed by atoms with E-state index in [1.807, 2.05) is 0 Å². The summed E-state index contributed by atoms with van der Waals surface area (Å²) >= 11 is 0. The molecular weight excluding hydrogens is 719 g/mol. The number of hydrogen-bond donors (Lipinski definition) is 0. The maximum atomic E-state index is 6.74. The lowest BCUT2D eigenvalue weighted by Gasteiger charge is -2.28. The van der Waals surface area contributed by atoms with Gasteiger partial charge in [-0.1, -0.05) is 146 Å². The zero-order valence-corrected chi connectivity index (χ0v) is 32.0. The first-order valence-electron chi connectivity index (χ1n) is 20.1. The van der Waals surface area contributed by atoms with Gasteiger partial charge in [0.1, 0.15) is 22.3 Å². The Kier molecular flexibility index (Phi) is 7.54. The number of fused-ring (bicyclic) bond motifs is 9. The van der Waals surface area contributed by atoms with Crippen molar-refractivity contribution in [3.05, 3.63) is 212 Å². The van der Waals surface area contributed by atoms with Crippen LogP contribution >= 0.6 is 0 Å². The highest BCUT2D eigenvalue weighted by atomic mass is 16.3. The molecule has 12 aromatic rings. The molecule has 0 saturated heterocycles. The maximum Gasteiger partial charge on any atom is 0.143 e. The summed E-state index contributed by atoms with van der Waals surface area (Å²) in [4.78, 5) is 2.40. The second-order valence-corrected chi connectivity index (χ2v) is 15.3. The lowest BCUT2D eigenvalue weighted by atomic mass is 9.97. The van der Waals surface area contributed by atoms with E-state index in [0.717, 1.165) is 88.4 Å². The Balaban J connectivity index is 1.06. The SMILES string of the molecule is c1ccc(-c2cccc(-c3ccc(N(c4ccccc4-c4ccc5oc6cc7ccccc7cc6c5c4)c4cccc5oc6c7ccccc7ccc6c45)cc3)c2)cc1. The van der Waals surface area contributed by atoms with Gasteiger partial charge in [-0.2, -0.15) is 0 Å². The quantitative estimate of drug-likeness (QED) is 0.169. The number of anilines is 3. The van der Waals surface area contributed by atoms with E-state index in [2.05, 4.69) is 217 Å². The van der Waals surface area contributed by atoms with Crippen LogP contribution in [0.2, 0.25) is 0 Å². The minimum Gasteiger partial charge on any atom is -0.456 e. The van der Waals surface area contributed by atoms with Gasteiger partial charge < -0.3 is 13.7 Å². The van der Waals surface area contributed by atoms with Crippen molar-refractivity contribution in [3.63, 3.8) is 0 Å². The standard InChI is InChI=1S/C56H35NO2/c1-2-12-36(13-3-1)39-17-10-18-40(32-39)37-24-28-44(29-25-37)57(51-22-11-23-53-55(51)47-30-26-38-14-6-7-20-46(38)56(47)59-53)50-21-9-8-19-45(50)43-27-31-52-48(34-43)49-33-41-15-4-5-16-42(41)35-54(49)58-52/h1-35H. The first-order chi connectivity index (χ1) is 29.2. The summed E-state index contributed by atoms with van der Waals surface area (Å²) in [7, 11) is 0. The van der Waals surface area contributed by atoms with Crippen molar-refractivity contribution in [3.8, 4) is 33.4 Å². The minimum absolute atomic E-state index is 0.851. The van der Waals surface area contributed by atoms with Crippen molar-refractivity contribution >= 4 is 82.5 Å². The third kappa shape index (κ3) is 5.51. The van der Waals surface area contributed by atoms with Crippen LogP contribution < -0.4 is 4.90 Å². The molecule has 0 aliphatic rings. The minimum atomic E-state index is 0.851. The highest BCUT2D eigenvalue weighted by Gasteiger charge is 2.23. The molecule has 10 aromatic carbocycles. The molecule has 0 fully saturated rings. The largest absolute Gasteiger partial charge is 0.456 e. The predicted molar refractivity (Wildman–Crippen MR) is 247 cm³/mol. The Bertz CT molecular complexity index is 3560. The van der Waals surface area contributed by atoms with Crippen molar-refractivity contribution < 1.29 is 8.83 Å². The van der Waals surface area contributed by atoms with Crippen LogP contribution in [0, 0.1) is 0 Å². The number of benzene rings is 10. The fourth-order valence-electron chi connectivity index (χ4n) is 8.98. The number of nitrogens with zero attached hydrogens (tertiary/aromatic N) is 1. The van der Waals surface area contributed by atoms with E-state index in [0.29, 0.717) is 0 Å². The second kappa shape index (κ2) is 13.4. The van der Waals surface area contributed by atoms with Gasteiger partial charge in [-0.25, -0.2) is 0 Å². The molecule has 0 N–H and O–H groups in total. The Morgan fingerprint density at radius 3 is 1.80 bits per heavy atom. The molecule has 0 saturated carbocycles. The summed E-state index contributed by atoms with van der Waals surface area (Å²) in [5.74, 6) is 0. The number of hydrogen-bond acceptors (Lipinski definition) is 3. The van der Waals surface area contributed by atoms with Crippen molar-refractivity contribution in [2.24, 2.45) is 0 Å². The van der Waals surface area contributed by atoms with E-state index in [9.17, 15) is 0 Å². The third-order valence-corrected chi connectivity index (χ3v) is 11.8. The van der Waals surface area contributed by atoms with E-state index in [1.165, 1.54) is 27.5 Å². The second-order valence-electron chi connectivity index (χ2n) is 15.3. The zero-order valence-electron chi connectivity index (χ0n) is 32.0. The van der Waals surface area contributed by atoms with Crippen LogP contribution in [0.5, 0.6) is 0 Å². The van der Waals surface area contributed by atoms with Gasteiger partial charge in [-0.05, 0) is 111 Å². The molecule has 276 valence electrons. The lowest BCUT2D eigenvalue weighted by molar-refractivity contribution is 0.669. The molecule has 0 radical (unpaired) electrons. The van der Waals surface area contributed by atoms with Gasteiger partial charge in [-0.3, -0.25) is 0 Å². The Morgan fingerprint density at radius 1 is 0.305 bits per heavy atom. The molecule has 0 atom stereocenters. The van der Waals surface area contributed by atoms with Crippen LogP contribution in [0.3, 0.4) is 0 Å². The molecular formula is C56H35NO2. The van der Waals surface area contributed by atoms with Crippen LogP contribution in [0.25, 0.3) is 98.8 Å². The van der Waals surface area contributed by atoms with Gasteiger partial charge in [0.15, 0.2) is 0 Å². The van der Waals surface area contributed by atoms with Crippen LogP contribution in [-0.2, 0) is 0 Å². The molecule has 12 rings (SSSR count). The van der Waals surface area contributed by atoms with Gasteiger partial charge >= 0.3 is 0 Å². The summed E-state index contributed by atoms with van der Waals surface area (Å²) < 4.78 is 13.2. The fraction of sp³-hybridized carbons (Fsp3) is 0. The Hall–Kier alpha value is -7.88. The van der Waals surface area contributed by atoms with E-state index >= 15 is 0 Å². The fourth-order valence-corrected chi connectivity index (χ4v) is 8.98. The van der Waals surface area contributed by atoms with E-state index < -0.39 is 0 Å². The topological polar surface area (TPSA) is 29.5 Å². The van der Waals surface area contributed by atoms with E-state index in [4.69, 9.17) is 8.83 Å². The van der Waals surface area contributed by atoms with Gasteiger partial charge in [0.2, 0.25) is 0 Å². The van der Waals surface area contributed by atoms with Crippen molar-refractivity contribution in [2.45, 2.75) is 0 Å².